The summed E-state index contributed by atoms with van der Waals surface area (Å²) in [6.07, 6.45) is 0. The van der Waals surface area contributed by atoms with Crippen LogP contribution in [0.4, 0.5) is 0 Å². The van der Waals surface area contributed by atoms with Crippen LogP contribution in [-0.4, -0.2) is 24.0 Å². The molecule has 2 N–H and O–H groups in total. The van der Waals surface area contributed by atoms with Crippen LogP contribution < -0.4 is 10.6 Å². The lowest BCUT2D eigenvalue weighted by Crippen LogP contribution is -2.36. The largest absolute Gasteiger partial charge is 0.457 e. The van der Waals surface area contributed by atoms with Crippen LogP contribution in [0.2, 0.25) is 0 Å². The highest BCUT2D eigenvalue weighted by atomic mass is 32.1. The van der Waals surface area contributed by atoms with Gasteiger partial charge in [0.05, 0.1) is 22.8 Å². The number of aryl methyl sites for hydroxylation is 2. The lowest BCUT2D eigenvalue weighted by Gasteiger charge is -2.12. The zero-order valence-corrected chi connectivity index (χ0v) is 18.3. The van der Waals surface area contributed by atoms with Crippen molar-refractivity contribution in [3.8, 4) is 0 Å². The minimum absolute atomic E-state index is 0.259. The smallest absolute Gasteiger partial charge is 0.338 e. The van der Waals surface area contributed by atoms with Crippen LogP contribution >= 0.6 is 11.3 Å². The number of aromatic nitrogens is 1. The number of esters is 1. The van der Waals surface area contributed by atoms with Crippen molar-refractivity contribution < 1.29 is 9.53 Å². The molecule has 0 bridgehead atoms. The van der Waals surface area contributed by atoms with Gasteiger partial charge in [-0.15, -0.1) is 11.3 Å². The van der Waals surface area contributed by atoms with Crippen molar-refractivity contribution in [2.45, 2.75) is 33.5 Å². The molecule has 0 spiro atoms. The minimum Gasteiger partial charge on any atom is -0.457 e. The lowest BCUT2D eigenvalue weighted by atomic mass is 10.1. The van der Waals surface area contributed by atoms with Crippen molar-refractivity contribution in [3.05, 3.63) is 86.9 Å². The van der Waals surface area contributed by atoms with Gasteiger partial charge in [-0.2, -0.15) is 0 Å². The van der Waals surface area contributed by atoms with E-state index in [9.17, 15) is 4.79 Å². The molecule has 6 nitrogen and oxygen atoms in total. The van der Waals surface area contributed by atoms with Crippen LogP contribution in [0.5, 0.6) is 0 Å². The van der Waals surface area contributed by atoms with E-state index >= 15 is 0 Å². The summed E-state index contributed by atoms with van der Waals surface area (Å²) in [5.41, 5.74) is 3.51. The van der Waals surface area contributed by atoms with E-state index in [1.165, 1.54) is 4.88 Å². The number of nitrogens with zero attached hydrogens (tertiary/aromatic N) is 2. The van der Waals surface area contributed by atoms with Gasteiger partial charge < -0.3 is 15.4 Å². The fraction of sp³-hybridized carbons (Fsp3) is 0.261. The number of ether oxygens (including phenoxy) is 1. The summed E-state index contributed by atoms with van der Waals surface area (Å²) in [5, 5.41) is 7.64. The molecule has 0 aliphatic heterocycles. The molecule has 3 aromatic rings. The normalized spacial score (nSPS) is 11.2. The van der Waals surface area contributed by atoms with Crippen LogP contribution in [-0.2, 0) is 24.4 Å². The third-order valence-corrected chi connectivity index (χ3v) is 5.55. The quantitative estimate of drug-likeness (QED) is 0.342. The van der Waals surface area contributed by atoms with Gasteiger partial charge in [0.1, 0.15) is 6.61 Å². The molecule has 0 amide bonds. The molecule has 0 unspecified atom stereocenters. The van der Waals surface area contributed by atoms with E-state index in [0.717, 1.165) is 21.8 Å². The number of carbonyl (C=O) groups excluding carboxylic acids is 1. The summed E-state index contributed by atoms with van der Waals surface area (Å²) in [4.78, 5) is 22.3. The first-order chi connectivity index (χ1) is 14.5. The molecular weight excluding hydrogens is 396 g/mol. The van der Waals surface area contributed by atoms with Crippen molar-refractivity contribution in [2.24, 2.45) is 4.99 Å². The Balaban J connectivity index is 1.52. The average molecular weight is 423 g/mol. The Labute approximate surface area is 181 Å². The first kappa shape index (κ1) is 21.5. The molecule has 0 fully saturated rings. The molecule has 0 aliphatic rings. The van der Waals surface area contributed by atoms with Crippen LogP contribution in [0, 0.1) is 13.8 Å². The van der Waals surface area contributed by atoms with E-state index in [1.807, 2.05) is 62.4 Å². The van der Waals surface area contributed by atoms with Crippen molar-refractivity contribution in [1.82, 2.24) is 15.6 Å². The monoisotopic (exact) mass is 422 g/mol. The summed E-state index contributed by atoms with van der Waals surface area (Å²) in [6, 6.07) is 17.1. The van der Waals surface area contributed by atoms with Crippen molar-refractivity contribution >= 4 is 23.3 Å². The van der Waals surface area contributed by atoms with Crippen LogP contribution in [0.15, 0.2) is 59.6 Å². The van der Waals surface area contributed by atoms with Gasteiger partial charge in [0.25, 0.3) is 0 Å². The third-order valence-electron chi connectivity index (χ3n) is 4.47. The molecule has 7 heteroatoms. The Hall–Kier alpha value is -3.19. The number of nitrogens with one attached hydrogen (secondary N) is 2. The molecule has 30 heavy (non-hydrogen) atoms. The van der Waals surface area contributed by atoms with E-state index in [4.69, 9.17) is 4.74 Å². The molecule has 1 heterocycles. The van der Waals surface area contributed by atoms with Gasteiger partial charge in [-0.3, -0.25) is 4.99 Å². The minimum atomic E-state index is -0.334. The summed E-state index contributed by atoms with van der Waals surface area (Å²) in [7, 11) is 1.73. The second-order valence-corrected chi connectivity index (χ2v) is 8.07. The summed E-state index contributed by atoms with van der Waals surface area (Å²) >= 11 is 1.68. The second-order valence-electron chi connectivity index (χ2n) is 6.78. The number of aliphatic imine (C=N–C) groups is 1. The number of guanidine groups is 1. The Bertz CT molecular complexity index is 1020. The van der Waals surface area contributed by atoms with E-state index < -0.39 is 0 Å². The van der Waals surface area contributed by atoms with Crippen LogP contribution in [0.3, 0.4) is 0 Å². The second kappa shape index (κ2) is 10.5. The van der Waals surface area contributed by atoms with Gasteiger partial charge in [-0.05, 0) is 37.1 Å². The van der Waals surface area contributed by atoms with Gasteiger partial charge in [-0.25, -0.2) is 9.78 Å². The molecule has 156 valence electrons. The van der Waals surface area contributed by atoms with Crippen LogP contribution in [0.1, 0.15) is 37.1 Å². The first-order valence-electron chi connectivity index (χ1n) is 9.72. The third kappa shape index (κ3) is 6.15. The standard InChI is InChI=1S/C23H26N4O2S/c1-16-21(30-17(2)27-16)14-26-23(24-3)25-13-19-10-7-11-20(12-19)22(28)29-15-18-8-5-4-6-9-18/h4-12H,13-15H2,1-3H3,(H2,24,25,26). The highest BCUT2D eigenvalue weighted by molar-refractivity contribution is 7.11. The van der Waals surface area contributed by atoms with Gasteiger partial charge in [0.2, 0.25) is 0 Å². The van der Waals surface area contributed by atoms with E-state index in [0.29, 0.717) is 24.6 Å². The molecule has 0 radical (unpaired) electrons. The van der Waals surface area contributed by atoms with Gasteiger partial charge in [-0.1, -0.05) is 42.5 Å². The number of hydrogen-bond donors (Lipinski definition) is 2. The average Bonchev–Trinajstić information content (AvgIpc) is 3.10. The van der Waals surface area contributed by atoms with Gasteiger partial charge in [0.15, 0.2) is 5.96 Å². The maximum absolute atomic E-state index is 12.4. The highest BCUT2D eigenvalue weighted by Gasteiger charge is 2.09. The summed E-state index contributed by atoms with van der Waals surface area (Å²) in [6.45, 7) is 5.49. The van der Waals surface area contributed by atoms with Gasteiger partial charge in [0, 0.05) is 18.5 Å². The fourth-order valence-corrected chi connectivity index (χ4v) is 3.80. The Morgan fingerprint density at radius 3 is 2.47 bits per heavy atom. The molecule has 2 aromatic carbocycles. The maximum atomic E-state index is 12.4. The topological polar surface area (TPSA) is 75.6 Å². The first-order valence-corrected chi connectivity index (χ1v) is 10.5. The molecule has 0 atom stereocenters. The Morgan fingerprint density at radius 1 is 1.03 bits per heavy atom. The van der Waals surface area contributed by atoms with E-state index in [2.05, 4.69) is 20.6 Å². The highest BCUT2D eigenvalue weighted by Crippen LogP contribution is 2.16. The van der Waals surface area contributed by atoms with Crippen molar-refractivity contribution in [2.75, 3.05) is 7.05 Å². The predicted molar refractivity (Wildman–Crippen MR) is 121 cm³/mol. The van der Waals surface area contributed by atoms with Gasteiger partial charge >= 0.3 is 5.97 Å². The van der Waals surface area contributed by atoms with E-state index in [-0.39, 0.29) is 12.6 Å². The molecule has 0 aliphatic carbocycles. The van der Waals surface area contributed by atoms with Crippen molar-refractivity contribution in [3.63, 3.8) is 0 Å². The zero-order chi connectivity index (χ0) is 21.3. The summed E-state index contributed by atoms with van der Waals surface area (Å²) < 4.78 is 5.42. The number of thiazole rings is 1. The number of rotatable bonds is 7. The maximum Gasteiger partial charge on any atom is 0.338 e. The van der Waals surface area contributed by atoms with E-state index in [1.54, 1.807) is 24.5 Å². The number of hydrogen-bond acceptors (Lipinski definition) is 5. The molecular formula is C23H26N4O2S. The summed E-state index contributed by atoms with van der Waals surface area (Å²) in [5.74, 6) is 0.358. The van der Waals surface area contributed by atoms with Crippen molar-refractivity contribution in [1.29, 1.82) is 0 Å². The number of carbonyl (C=O) groups is 1. The van der Waals surface area contributed by atoms with Crippen LogP contribution in [0.25, 0.3) is 0 Å². The fourth-order valence-electron chi connectivity index (χ4n) is 2.92. The SMILES string of the molecule is CN=C(NCc1cccc(C(=O)OCc2ccccc2)c1)NCc1sc(C)nc1C. The molecule has 3 rings (SSSR count). The Kier molecular flexibility index (Phi) is 7.57. The Morgan fingerprint density at radius 2 is 1.77 bits per heavy atom. The predicted octanol–water partition coefficient (Wildman–Crippen LogP) is 3.98. The lowest BCUT2D eigenvalue weighted by molar-refractivity contribution is 0.0472. The molecule has 0 saturated heterocycles. The number of benzene rings is 2. The zero-order valence-electron chi connectivity index (χ0n) is 17.4. The molecule has 1 aromatic heterocycles. The molecule has 0 saturated carbocycles.